The molecule has 0 N–H and O–H groups in total. The molecule has 0 saturated heterocycles. The van der Waals surface area contributed by atoms with E-state index in [0.717, 1.165) is 0 Å². The number of hydrogen-bond acceptors (Lipinski definition) is 8. The van der Waals surface area contributed by atoms with Gasteiger partial charge in [-0.05, 0) is 58.2 Å². The Balaban J connectivity index is 1.50. The molecule has 1 aliphatic carbocycles. The van der Waals surface area contributed by atoms with Crippen LogP contribution in [-0.4, -0.2) is 45.5 Å². The Morgan fingerprint density at radius 2 is 1.92 bits per heavy atom. The maximum atomic E-state index is 15.0. The lowest BCUT2D eigenvalue weighted by Crippen LogP contribution is -2.32. The standard InChI is InChI=1S/C26H29FN4O4S/c1-16(2)35-25-14-28-13-21(30-25)18-6-5-17(20(27)11-18)12-23(32)26(3,4)22-9-10-29-24(31-22)15-36(33,34)19-7-8-19/h5-6,9-11,13-14,16,19H,7-8,12,15H2,1-4H3. The SMILES string of the molecule is CC(C)Oc1cncc(-c2ccc(CC(=O)C(C)(C)c3ccnc(CS(=O)(=O)C4CC4)n3)c(F)c2)n1. The first-order valence-electron chi connectivity index (χ1n) is 11.8. The van der Waals surface area contributed by atoms with E-state index in [9.17, 15) is 13.2 Å². The highest BCUT2D eigenvalue weighted by Gasteiger charge is 2.37. The topological polar surface area (TPSA) is 112 Å². The van der Waals surface area contributed by atoms with Crippen LogP contribution in [0.4, 0.5) is 4.39 Å². The highest BCUT2D eigenvalue weighted by atomic mass is 32.2. The van der Waals surface area contributed by atoms with Crippen LogP contribution < -0.4 is 4.74 Å². The minimum absolute atomic E-state index is 0.0726. The quantitative estimate of drug-likeness (QED) is 0.400. The number of benzene rings is 1. The molecular formula is C26H29FN4O4S. The fourth-order valence-electron chi connectivity index (χ4n) is 3.71. The van der Waals surface area contributed by atoms with E-state index >= 15 is 4.39 Å². The first-order valence-corrected chi connectivity index (χ1v) is 13.5. The number of aromatic nitrogens is 4. The molecule has 0 spiro atoms. The van der Waals surface area contributed by atoms with Gasteiger partial charge in [0.15, 0.2) is 9.84 Å². The molecule has 0 radical (unpaired) electrons. The third-order valence-electron chi connectivity index (χ3n) is 6.07. The molecule has 1 fully saturated rings. The second-order valence-corrected chi connectivity index (χ2v) is 12.1. The van der Waals surface area contributed by atoms with Crippen molar-refractivity contribution in [1.29, 1.82) is 0 Å². The molecule has 0 unspecified atom stereocenters. The van der Waals surface area contributed by atoms with Crippen LogP contribution in [0.2, 0.25) is 0 Å². The Bertz CT molecular complexity index is 1390. The van der Waals surface area contributed by atoms with Crippen molar-refractivity contribution < 1.29 is 22.3 Å². The van der Waals surface area contributed by atoms with E-state index in [1.165, 1.54) is 24.7 Å². The maximum Gasteiger partial charge on any atom is 0.233 e. The monoisotopic (exact) mass is 512 g/mol. The van der Waals surface area contributed by atoms with Crippen molar-refractivity contribution in [1.82, 2.24) is 19.9 Å². The van der Waals surface area contributed by atoms with Crippen LogP contribution in [-0.2, 0) is 32.2 Å². The van der Waals surface area contributed by atoms with E-state index < -0.39 is 21.1 Å². The molecule has 1 saturated carbocycles. The number of hydrogen-bond donors (Lipinski definition) is 0. The minimum Gasteiger partial charge on any atom is -0.474 e. The summed E-state index contributed by atoms with van der Waals surface area (Å²) in [6, 6.07) is 6.16. The van der Waals surface area contributed by atoms with Crippen molar-refractivity contribution in [3.8, 4) is 17.1 Å². The van der Waals surface area contributed by atoms with Gasteiger partial charge < -0.3 is 4.74 Å². The second kappa shape index (κ2) is 10.0. The van der Waals surface area contributed by atoms with Gasteiger partial charge in [-0.2, -0.15) is 0 Å². The van der Waals surface area contributed by atoms with Crippen molar-refractivity contribution in [3.05, 3.63) is 65.8 Å². The van der Waals surface area contributed by atoms with Crippen molar-refractivity contribution in [2.24, 2.45) is 0 Å². The summed E-state index contributed by atoms with van der Waals surface area (Å²) in [6.07, 6.45) is 5.58. The van der Waals surface area contributed by atoms with Gasteiger partial charge in [-0.25, -0.2) is 27.8 Å². The van der Waals surface area contributed by atoms with Gasteiger partial charge in [-0.15, -0.1) is 0 Å². The number of carbonyl (C=O) groups is 1. The molecule has 2 heterocycles. The highest BCUT2D eigenvalue weighted by Crippen LogP contribution is 2.31. The summed E-state index contributed by atoms with van der Waals surface area (Å²) in [4.78, 5) is 30.2. The summed E-state index contributed by atoms with van der Waals surface area (Å²) >= 11 is 0. The highest BCUT2D eigenvalue weighted by molar-refractivity contribution is 7.91. The molecule has 4 rings (SSSR count). The van der Waals surface area contributed by atoms with Crippen LogP contribution in [0.3, 0.4) is 0 Å². The van der Waals surface area contributed by atoms with Crippen LogP contribution >= 0.6 is 0 Å². The molecule has 36 heavy (non-hydrogen) atoms. The van der Waals surface area contributed by atoms with Crippen molar-refractivity contribution in [3.63, 3.8) is 0 Å². The van der Waals surface area contributed by atoms with E-state index in [4.69, 9.17) is 4.74 Å². The Kier molecular flexibility index (Phi) is 7.17. The summed E-state index contributed by atoms with van der Waals surface area (Å²) in [6.45, 7) is 7.14. The molecule has 2 aromatic heterocycles. The number of ketones is 1. The summed E-state index contributed by atoms with van der Waals surface area (Å²) in [5.74, 6) is -0.528. The first kappa shape index (κ1) is 25.8. The van der Waals surface area contributed by atoms with Gasteiger partial charge in [0.05, 0.1) is 40.6 Å². The zero-order valence-corrected chi connectivity index (χ0v) is 21.5. The van der Waals surface area contributed by atoms with Gasteiger partial charge in [0.2, 0.25) is 5.88 Å². The first-order chi connectivity index (χ1) is 17.0. The summed E-state index contributed by atoms with van der Waals surface area (Å²) in [7, 11) is -3.29. The van der Waals surface area contributed by atoms with E-state index in [2.05, 4.69) is 19.9 Å². The van der Waals surface area contributed by atoms with E-state index in [1.54, 1.807) is 32.0 Å². The zero-order valence-electron chi connectivity index (χ0n) is 20.7. The normalized spacial score (nSPS) is 14.2. The van der Waals surface area contributed by atoms with Gasteiger partial charge in [-0.1, -0.05) is 12.1 Å². The van der Waals surface area contributed by atoms with E-state index in [-0.39, 0.29) is 40.7 Å². The summed E-state index contributed by atoms with van der Waals surface area (Å²) in [5.41, 5.74) is 0.546. The lowest BCUT2D eigenvalue weighted by molar-refractivity contribution is -0.123. The van der Waals surface area contributed by atoms with Gasteiger partial charge in [0.25, 0.3) is 0 Å². The van der Waals surface area contributed by atoms with Crippen molar-refractivity contribution in [2.45, 2.75) is 69.5 Å². The van der Waals surface area contributed by atoms with E-state index in [1.807, 2.05) is 13.8 Å². The van der Waals surface area contributed by atoms with Crippen LogP contribution in [0.1, 0.15) is 57.6 Å². The van der Waals surface area contributed by atoms with Crippen LogP contribution in [0.25, 0.3) is 11.3 Å². The third kappa shape index (κ3) is 5.92. The zero-order chi connectivity index (χ0) is 26.1. The molecule has 10 heteroatoms. The average molecular weight is 513 g/mol. The Morgan fingerprint density at radius 3 is 2.58 bits per heavy atom. The lowest BCUT2D eigenvalue weighted by Gasteiger charge is -2.23. The number of sulfone groups is 1. The second-order valence-electron chi connectivity index (χ2n) is 9.80. The molecular weight excluding hydrogens is 483 g/mol. The van der Waals surface area contributed by atoms with Crippen LogP contribution in [0.5, 0.6) is 5.88 Å². The molecule has 0 atom stereocenters. The van der Waals surface area contributed by atoms with Crippen LogP contribution in [0.15, 0.2) is 42.9 Å². The summed E-state index contributed by atoms with van der Waals surface area (Å²) < 4.78 is 45.2. The number of ether oxygens (including phenoxy) is 1. The number of carbonyl (C=O) groups excluding carboxylic acids is 1. The summed E-state index contributed by atoms with van der Waals surface area (Å²) in [5, 5.41) is -0.318. The minimum atomic E-state index is -3.29. The third-order valence-corrected chi connectivity index (χ3v) is 8.22. The average Bonchev–Trinajstić information content (AvgIpc) is 3.66. The van der Waals surface area contributed by atoms with Gasteiger partial charge >= 0.3 is 0 Å². The van der Waals surface area contributed by atoms with Crippen molar-refractivity contribution in [2.75, 3.05) is 0 Å². The predicted octanol–water partition coefficient (Wildman–Crippen LogP) is 4.03. The van der Waals surface area contributed by atoms with Gasteiger partial charge in [0.1, 0.15) is 23.2 Å². The molecule has 3 aromatic rings. The van der Waals surface area contributed by atoms with Gasteiger partial charge in [0, 0.05) is 18.2 Å². The number of rotatable bonds is 10. The molecule has 0 amide bonds. The van der Waals surface area contributed by atoms with Crippen molar-refractivity contribution >= 4 is 15.6 Å². The fourth-order valence-corrected chi connectivity index (χ4v) is 5.30. The predicted molar refractivity (Wildman–Crippen MR) is 133 cm³/mol. The molecule has 1 aliphatic rings. The Morgan fingerprint density at radius 1 is 1.17 bits per heavy atom. The number of halogens is 1. The molecule has 0 bridgehead atoms. The Labute approximate surface area is 210 Å². The Hall–Kier alpha value is -3.27. The van der Waals surface area contributed by atoms with Gasteiger partial charge in [-0.3, -0.25) is 9.78 Å². The lowest BCUT2D eigenvalue weighted by atomic mass is 9.81. The largest absolute Gasteiger partial charge is 0.474 e. The molecule has 190 valence electrons. The fraction of sp³-hybridized carbons (Fsp3) is 0.423. The number of nitrogens with zero attached hydrogens (tertiary/aromatic N) is 4. The molecule has 8 nitrogen and oxygen atoms in total. The van der Waals surface area contributed by atoms with E-state index in [0.29, 0.717) is 35.7 Å². The number of Topliss-reactive ketones (excluding diaryl/α,β-unsaturated/α-hetero) is 1. The molecule has 1 aromatic carbocycles. The van der Waals surface area contributed by atoms with Crippen LogP contribution in [0, 0.1) is 5.82 Å². The molecule has 0 aliphatic heterocycles. The smallest absolute Gasteiger partial charge is 0.233 e. The maximum absolute atomic E-state index is 15.0.